The average Bonchev–Trinajstić information content (AvgIpc) is 3.31. The Morgan fingerprint density at radius 1 is 0.949 bits per heavy atom. The van der Waals surface area contributed by atoms with Crippen LogP contribution in [0.25, 0.3) is 0 Å². The van der Waals surface area contributed by atoms with Crippen LogP contribution in [0.1, 0.15) is 16.7 Å². The van der Waals surface area contributed by atoms with Crippen molar-refractivity contribution in [1.82, 2.24) is 5.01 Å². The van der Waals surface area contributed by atoms with E-state index in [2.05, 4.69) is 26.0 Å². The van der Waals surface area contributed by atoms with E-state index >= 15 is 0 Å². The first kappa shape index (κ1) is 26.8. The molecule has 1 heterocycles. The molecule has 0 aliphatic carbocycles. The lowest BCUT2D eigenvalue weighted by molar-refractivity contribution is -0.117. The lowest BCUT2D eigenvalue weighted by Crippen LogP contribution is -2.41. The maximum absolute atomic E-state index is 13.0. The summed E-state index contributed by atoms with van der Waals surface area (Å²) in [5, 5.41) is 10.2. The van der Waals surface area contributed by atoms with E-state index in [4.69, 9.17) is 16.7 Å². The number of hydrogen-bond donors (Lipinski definition) is 1. The Balaban J connectivity index is 1.56. The van der Waals surface area contributed by atoms with Gasteiger partial charge in [0.1, 0.15) is 12.3 Å². The fourth-order valence-corrected chi connectivity index (χ4v) is 5.17. The molecule has 0 aromatic heterocycles. The number of anilines is 1. The minimum Gasteiger partial charge on any atom is -0.435 e. The van der Waals surface area contributed by atoms with Crippen molar-refractivity contribution in [3.8, 4) is 5.75 Å². The molecule has 39 heavy (non-hydrogen) atoms. The summed E-state index contributed by atoms with van der Waals surface area (Å²) in [5.41, 5.74) is 3.16. The molecule has 9 heteroatoms. The molecule has 5 nitrogen and oxygen atoms in total. The quantitative estimate of drug-likeness (QED) is 0.227. The molecule has 0 saturated heterocycles. The van der Waals surface area contributed by atoms with Gasteiger partial charge in [-0.05, 0) is 65.2 Å². The molecule has 0 bridgehead atoms. The van der Waals surface area contributed by atoms with E-state index in [1.54, 1.807) is 29.3 Å². The number of carbonyl (C=O) groups excluding carboxylic acids is 1. The first-order valence-electron chi connectivity index (χ1n) is 12.1. The van der Waals surface area contributed by atoms with Crippen molar-refractivity contribution in [2.75, 3.05) is 18.4 Å². The van der Waals surface area contributed by atoms with E-state index in [9.17, 15) is 13.6 Å². The summed E-state index contributed by atoms with van der Waals surface area (Å²) in [7, 11) is 0. The molecule has 0 spiro atoms. The number of amides is 1. The third kappa shape index (κ3) is 5.97. The zero-order valence-electron chi connectivity index (χ0n) is 20.5. The van der Waals surface area contributed by atoms with Crippen LogP contribution in [0.4, 0.5) is 14.5 Å². The normalized spacial score (nSPS) is 16.7. The van der Waals surface area contributed by atoms with Gasteiger partial charge < -0.3 is 10.1 Å². The van der Waals surface area contributed by atoms with Crippen LogP contribution in [-0.2, 0) is 10.2 Å². The smallest absolute Gasteiger partial charge is 0.387 e. The van der Waals surface area contributed by atoms with Crippen molar-refractivity contribution in [3.05, 3.63) is 129 Å². The SMILES string of the molecule is O=C(CN1CC(c2ccccc2)(c2ccc(OC(F)F)cc2)C(c2ccc(Cl)cc2)=N1)Nc1ccc(Br)cc1. The minimum atomic E-state index is -2.92. The molecule has 4 aromatic rings. The topological polar surface area (TPSA) is 53.9 Å². The van der Waals surface area contributed by atoms with Gasteiger partial charge in [-0.2, -0.15) is 13.9 Å². The van der Waals surface area contributed by atoms with E-state index in [1.807, 2.05) is 66.7 Å². The lowest BCUT2D eigenvalue weighted by Gasteiger charge is -2.33. The molecule has 198 valence electrons. The van der Waals surface area contributed by atoms with Gasteiger partial charge in [0.25, 0.3) is 0 Å². The molecule has 1 aliphatic heterocycles. The van der Waals surface area contributed by atoms with Crippen molar-refractivity contribution in [2.45, 2.75) is 12.0 Å². The van der Waals surface area contributed by atoms with Gasteiger partial charge in [-0.3, -0.25) is 9.80 Å². The summed E-state index contributed by atoms with van der Waals surface area (Å²) in [6.07, 6.45) is 0. The second-order valence-electron chi connectivity index (χ2n) is 9.01. The number of rotatable bonds is 8. The van der Waals surface area contributed by atoms with E-state index in [-0.39, 0.29) is 18.2 Å². The van der Waals surface area contributed by atoms with Gasteiger partial charge in [-0.15, -0.1) is 0 Å². The predicted molar refractivity (Wildman–Crippen MR) is 153 cm³/mol. The van der Waals surface area contributed by atoms with Gasteiger partial charge in [-0.1, -0.05) is 82.1 Å². The van der Waals surface area contributed by atoms with E-state index in [0.29, 0.717) is 23.0 Å². The maximum atomic E-state index is 13.0. The van der Waals surface area contributed by atoms with Crippen molar-refractivity contribution in [1.29, 1.82) is 0 Å². The summed E-state index contributed by atoms with van der Waals surface area (Å²) in [4.78, 5) is 13.0. The van der Waals surface area contributed by atoms with Crippen LogP contribution in [0, 0.1) is 0 Å². The van der Waals surface area contributed by atoms with Crippen LogP contribution in [0.15, 0.2) is 113 Å². The molecule has 1 atom stereocenters. The van der Waals surface area contributed by atoms with E-state index in [0.717, 1.165) is 21.2 Å². The number of hydrazone groups is 1. The molecule has 5 rings (SSSR count). The highest BCUT2D eigenvalue weighted by molar-refractivity contribution is 9.10. The highest BCUT2D eigenvalue weighted by atomic mass is 79.9. The number of alkyl halides is 2. The summed E-state index contributed by atoms with van der Waals surface area (Å²) >= 11 is 9.58. The molecule has 0 radical (unpaired) electrons. The second-order valence-corrected chi connectivity index (χ2v) is 10.4. The van der Waals surface area contributed by atoms with E-state index < -0.39 is 12.0 Å². The van der Waals surface area contributed by atoms with Crippen molar-refractivity contribution in [3.63, 3.8) is 0 Å². The van der Waals surface area contributed by atoms with Gasteiger partial charge in [0.2, 0.25) is 5.91 Å². The zero-order chi connectivity index (χ0) is 27.4. The Hall–Kier alpha value is -3.75. The van der Waals surface area contributed by atoms with E-state index in [1.165, 1.54) is 12.1 Å². The van der Waals surface area contributed by atoms with Crippen LogP contribution in [-0.4, -0.2) is 36.3 Å². The molecule has 1 aliphatic rings. The highest BCUT2D eigenvalue weighted by Gasteiger charge is 2.46. The van der Waals surface area contributed by atoms with Gasteiger partial charge in [0.05, 0.1) is 17.7 Å². The molecule has 1 amide bonds. The highest BCUT2D eigenvalue weighted by Crippen LogP contribution is 2.42. The van der Waals surface area contributed by atoms with Crippen LogP contribution in [0.5, 0.6) is 5.75 Å². The number of nitrogens with zero attached hydrogens (tertiary/aromatic N) is 2. The Bertz CT molecular complexity index is 1470. The standard InChI is InChI=1S/C30H23BrClF2N3O2/c31-23-10-14-25(15-11-23)35-27(38)18-37-19-30(21-4-2-1-3-5-21,22-8-16-26(17-9-22)39-29(33)34)28(36-37)20-6-12-24(32)13-7-20/h1-17,29H,18-19H2,(H,35,38). The molecular formula is C30H23BrClF2N3O2. The number of carbonyl (C=O) groups is 1. The Morgan fingerprint density at radius 3 is 2.23 bits per heavy atom. The summed E-state index contributed by atoms with van der Waals surface area (Å²) in [5.74, 6) is -0.160. The average molecular weight is 611 g/mol. The van der Waals surface area contributed by atoms with Crippen molar-refractivity contribution < 1.29 is 18.3 Å². The zero-order valence-corrected chi connectivity index (χ0v) is 22.9. The van der Waals surface area contributed by atoms with Crippen LogP contribution >= 0.6 is 27.5 Å². The largest absolute Gasteiger partial charge is 0.435 e. The molecule has 1 unspecified atom stereocenters. The Labute approximate surface area is 238 Å². The van der Waals surface area contributed by atoms with Crippen molar-refractivity contribution >= 4 is 44.8 Å². The molecular weight excluding hydrogens is 588 g/mol. The van der Waals surface area contributed by atoms with Crippen LogP contribution < -0.4 is 10.1 Å². The number of benzene rings is 4. The number of nitrogens with one attached hydrogen (secondary N) is 1. The fraction of sp³-hybridized carbons (Fsp3) is 0.133. The number of halogens is 4. The monoisotopic (exact) mass is 609 g/mol. The second kappa shape index (κ2) is 11.6. The third-order valence-electron chi connectivity index (χ3n) is 6.48. The molecule has 0 fully saturated rings. The van der Waals surface area contributed by atoms with Gasteiger partial charge >= 0.3 is 6.61 Å². The first-order chi connectivity index (χ1) is 18.8. The fourth-order valence-electron chi connectivity index (χ4n) is 4.78. The van der Waals surface area contributed by atoms with Gasteiger partial charge in [0, 0.05) is 15.2 Å². The summed E-state index contributed by atoms with van der Waals surface area (Å²) in [6, 6.07) is 31.1. The lowest BCUT2D eigenvalue weighted by atomic mass is 9.69. The molecule has 1 N–H and O–H groups in total. The first-order valence-corrected chi connectivity index (χ1v) is 13.3. The third-order valence-corrected chi connectivity index (χ3v) is 7.26. The Morgan fingerprint density at radius 2 is 1.59 bits per heavy atom. The maximum Gasteiger partial charge on any atom is 0.387 e. The summed E-state index contributed by atoms with van der Waals surface area (Å²) in [6.45, 7) is -2.57. The predicted octanol–water partition coefficient (Wildman–Crippen LogP) is 7.35. The number of hydrogen-bond acceptors (Lipinski definition) is 4. The van der Waals surface area contributed by atoms with Crippen LogP contribution in [0.3, 0.4) is 0 Å². The molecule has 0 saturated carbocycles. The van der Waals surface area contributed by atoms with Crippen LogP contribution in [0.2, 0.25) is 5.02 Å². The molecule has 4 aromatic carbocycles. The Kier molecular flexibility index (Phi) is 7.95. The summed E-state index contributed by atoms with van der Waals surface area (Å²) < 4.78 is 31.2. The van der Waals surface area contributed by atoms with Crippen molar-refractivity contribution in [2.24, 2.45) is 5.10 Å². The van der Waals surface area contributed by atoms with Gasteiger partial charge in [0.15, 0.2) is 0 Å². The minimum absolute atomic E-state index is 0.00825. The number of ether oxygens (including phenoxy) is 1. The van der Waals surface area contributed by atoms with Gasteiger partial charge in [-0.25, -0.2) is 0 Å².